The molecule has 152 valence electrons. The van der Waals surface area contributed by atoms with E-state index in [2.05, 4.69) is 10.1 Å². The first kappa shape index (κ1) is 21.6. The van der Waals surface area contributed by atoms with E-state index in [4.69, 9.17) is 9.47 Å². The van der Waals surface area contributed by atoms with Crippen molar-refractivity contribution < 1.29 is 33.0 Å². The van der Waals surface area contributed by atoms with Crippen LogP contribution in [-0.2, 0) is 25.6 Å². The van der Waals surface area contributed by atoms with Crippen molar-refractivity contribution in [1.82, 2.24) is 5.32 Å². The number of hydrogen-bond donors (Lipinski definition) is 1. The summed E-state index contributed by atoms with van der Waals surface area (Å²) in [7, 11) is 2.65. The fourth-order valence-corrected chi connectivity index (χ4v) is 2.26. The molecule has 0 bridgehead atoms. The quantitative estimate of drug-likeness (QED) is 0.540. The Morgan fingerprint density at radius 1 is 1.07 bits per heavy atom. The van der Waals surface area contributed by atoms with Crippen molar-refractivity contribution >= 4 is 23.9 Å². The van der Waals surface area contributed by atoms with Gasteiger partial charge in [-0.3, -0.25) is 4.79 Å². The van der Waals surface area contributed by atoms with Crippen LogP contribution >= 0.6 is 0 Å². The van der Waals surface area contributed by atoms with Crippen molar-refractivity contribution in [2.24, 2.45) is 0 Å². The number of carbonyl (C=O) groups excluding carboxylic acids is 3. The molecule has 0 unspecified atom stereocenters. The molecule has 2 rings (SSSR count). The summed E-state index contributed by atoms with van der Waals surface area (Å²) in [5.41, 5.74) is 1.61. The predicted molar refractivity (Wildman–Crippen MR) is 103 cm³/mol. The van der Waals surface area contributed by atoms with Gasteiger partial charge in [-0.15, -0.1) is 0 Å². The Kier molecular flexibility index (Phi) is 7.90. The van der Waals surface area contributed by atoms with Crippen LogP contribution in [0.15, 0.2) is 48.5 Å². The van der Waals surface area contributed by atoms with Gasteiger partial charge in [-0.1, -0.05) is 18.2 Å². The lowest BCUT2D eigenvalue weighted by atomic mass is 10.1. The van der Waals surface area contributed by atoms with E-state index in [1.54, 1.807) is 30.3 Å². The van der Waals surface area contributed by atoms with E-state index in [0.29, 0.717) is 11.1 Å². The molecule has 29 heavy (non-hydrogen) atoms. The molecular formula is C21H20FNO6. The van der Waals surface area contributed by atoms with Crippen LogP contribution in [0.2, 0.25) is 0 Å². The van der Waals surface area contributed by atoms with Gasteiger partial charge in [0, 0.05) is 12.6 Å². The Morgan fingerprint density at radius 2 is 1.79 bits per heavy atom. The molecule has 1 N–H and O–H groups in total. The second-order valence-corrected chi connectivity index (χ2v) is 5.80. The largest absolute Gasteiger partial charge is 0.494 e. The van der Waals surface area contributed by atoms with Crippen LogP contribution in [0.5, 0.6) is 5.75 Å². The zero-order valence-corrected chi connectivity index (χ0v) is 15.9. The van der Waals surface area contributed by atoms with Gasteiger partial charge in [0.05, 0.1) is 19.8 Å². The summed E-state index contributed by atoms with van der Waals surface area (Å²) >= 11 is 0. The van der Waals surface area contributed by atoms with Crippen molar-refractivity contribution in [3.8, 4) is 5.75 Å². The van der Waals surface area contributed by atoms with Gasteiger partial charge in [0.25, 0.3) is 5.91 Å². The maximum atomic E-state index is 13.6. The Hall–Kier alpha value is -3.68. The van der Waals surface area contributed by atoms with Crippen LogP contribution in [0.1, 0.15) is 21.5 Å². The summed E-state index contributed by atoms with van der Waals surface area (Å²) in [5.74, 6) is -2.13. The number of benzene rings is 2. The van der Waals surface area contributed by atoms with E-state index in [1.165, 1.54) is 32.4 Å². The Bertz CT molecular complexity index is 908. The summed E-state index contributed by atoms with van der Waals surface area (Å²) < 4.78 is 27.8. The second kappa shape index (κ2) is 10.6. The first-order chi connectivity index (χ1) is 13.9. The highest BCUT2D eigenvalue weighted by Crippen LogP contribution is 2.18. The van der Waals surface area contributed by atoms with Crippen LogP contribution in [0, 0.1) is 5.82 Å². The lowest BCUT2D eigenvalue weighted by Crippen LogP contribution is -2.28. The summed E-state index contributed by atoms with van der Waals surface area (Å²) in [6, 6.07) is 10.7. The number of ether oxygens (including phenoxy) is 3. The van der Waals surface area contributed by atoms with Gasteiger partial charge in [0.1, 0.15) is 0 Å². The molecule has 0 saturated carbocycles. The number of carbonyl (C=O) groups is 3. The third-order valence-electron chi connectivity index (χ3n) is 3.80. The molecule has 1 amide bonds. The topological polar surface area (TPSA) is 90.9 Å². The third-order valence-corrected chi connectivity index (χ3v) is 3.80. The van der Waals surface area contributed by atoms with Gasteiger partial charge < -0.3 is 19.5 Å². The van der Waals surface area contributed by atoms with Crippen LogP contribution in [0.25, 0.3) is 6.08 Å². The lowest BCUT2D eigenvalue weighted by Gasteiger charge is -2.06. The van der Waals surface area contributed by atoms with Crippen molar-refractivity contribution in [2.45, 2.75) is 6.54 Å². The molecule has 0 aliphatic carbocycles. The molecule has 0 aromatic heterocycles. The van der Waals surface area contributed by atoms with Crippen molar-refractivity contribution in [1.29, 1.82) is 0 Å². The van der Waals surface area contributed by atoms with E-state index in [9.17, 15) is 18.8 Å². The number of rotatable bonds is 8. The molecule has 0 aliphatic heterocycles. The number of hydrogen-bond acceptors (Lipinski definition) is 6. The van der Waals surface area contributed by atoms with Gasteiger partial charge in [-0.2, -0.15) is 0 Å². The molecule has 0 spiro atoms. The van der Waals surface area contributed by atoms with E-state index >= 15 is 0 Å². The molecule has 0 radical (unpaired) electrons. The second-order valence-electron chi connectivity index (χ2n) is 5.80. The average molecular weight is 401 g/mol. The molecular weight excluding hydrogens is 381 g/mol. The van der Waals surface area contributed by atoms with E-state index in [0.717, 1.165) is 11.6 Å². The van der Waals surface area contributed by atoms with Gasteiger partial charge in [0.15, 0.2) is 18.2 Å². The van der Waals surface area contributed by atoms with Crippen LogP contribution in [0.3, 0.4) is 0 Å². The highest BCUT2D eigenvalue weighted by Gasteiger charge is 2.07. The summed E-state index contributed by atoms with van der Waals surface area (Å²) in [6.07, 6.45) is 2.46. The molecule has 0 saturated heterocycles. The minimum absolute atomic E-state index is 0.0985. The molecule has 8 heteroatoms. The monoisotopic (exact) mass is 401 g/mol. The normalized spacial score (nSPS) is 10.4. The fraction of sp³-hybridized carbons (Fsp3) is 0.190. The minimum Gasteiger partial charge on any atom is -0.494 e. The van der Waals surface area contributed by atoms with Gasteiger partial charge in [-0.05, 0) is 41.5 Å². The van der Waals surface area contributed by atoms with Crippen molar-refractivity contribution in [3.63, 3.8) is 0 Å². The maximum absolute atomic E-state index is 13.6. The number of halogens is 1. The van der Waals surface area contributed by atoms with Crippen LogP contribution < -0.4 is 10.1 Å². The number of amides is 1. The van der Waals surface area contributed by atoms with Gasteiger partial charge >= 0.3 is 11.9 Å². The van der Waals surface area contributed by atoms with Crippen LogP contribution in [0.4, 0.5) is 4.39 Å². The zero-order chi connectivity index (χ0) is 21.2. The van der Waals surface area contributed by atoms with Crippen LogP contribution in [-0.4, -0.2) is 38.7 Å². The van der Waals surface area contributed by atoms with Gasteiger partial charge in [-0.25, -0.2) is 14.0 Å². The summed E-state index contributed by atoms with van der Waals surface area (Å²) in [4.78, 5) is 34.8. The Balaban J connectivity index is 1.76. The van der Waals surface area contributed by atoms with E-state index < -0.39 is 30.3 Å². The molecule has 0 fully saturated rings. The van der Waals surface area contributed by atoms with E-state index in [1.807, 2.05) is 0 Å². The number of methoxy groups -OCH3 is 2. The standard InChI is InChI=1S/C21H20FNO6/c1-27-18-9-5-14(11-17(18)22)6-10-20(25)29-13-19(24)23-12-15-3-7-16(8-4-15)21(26)28-2/h3-11H,12-13H2,1-2H3,(H,23,24)/b10-6+. The highest BCUT2D eigenvalue weighted by molar-refractivity contribution is 5.90. The average Bonchev–Trinajstić information content (AvgIpc) is 2.74. The smallest absolute Gasteiger partial charge is 0.337 e. The maximum Gasteiger partial charge on any atom is 0.337 e. The molecule has 7 nitrogen and oxygen atoms in total. The summed E-state index contributed by atoms with van der Waals surface area (Å²) in [6.45, 7) is -0.251. The zero-order valence-electron chi connectivity index (χ0n) is 15.9. The summed E-state index contributed by atoms with van der Waals surface area (Å²) in [5, 5.41) is 2.59. The minimum atomic E-state index is -0.737. The molecule has 2 aromatic carbocycles. The molecule has 0 aliphatic rings. The Labute approximate surface area is 167 Å². The molecule has 0 atom stereocenters. The molecule has 2 aromatic rings. The third kappa shape index (κ3) is 6.76. The SMILES string of the molecule is COC(=O)c1ccc(CNC(=O)COC(=O)/C=C/c2ccc(OC)c(F)c2)cc1. The lowest BCUT2D eigenvalue weighted by molar-refractivity contribution is -0.143. The first-order valence-corrected chi connectivity index (χ1v) is 8.55. The predicted octanol–water partition coefficient (Wildman–Crippen LogP) is 2.49. The fourth-order valence-electron chi connectivity index (χ4n) is 2.26. The van der Waals surface area contributed by atoms with E-state index in [-0.39, 0.29) is 12.3 Å². The van der Waals surface area contributed by atoms with Crippen molar-refractivity contribution in [2.75, 3.05) is 20.8 Å². The highest BCUT2D eigenvalue weighted by atomic mass is 19.1. The van der Waals surface area contributed by atoms with Gasteiger partial charge in [0.2, 0.25) is 0 Å². The number of esters is 2. The Morgan fingerprint density at radius 3 is 2.41 bits per heavy atom. The number of nitrogens with one attached hydrogen (secondary N) is 1. The first-order valence-electron chi connectivity index (χ1n) is 8.55. The van der Waals surface area contributed by atoms with Crippen molar-refractivity contribution in [3.05, 3.63) is 71.0 Å². The molecule has 0 heterocycles.